The van der Waals surface area contributed by atoms with Gasteiger partial charge < -0.3 is 9.32 Å². The molecule has 0 atom stereocenters. The zero-order valence-corrected chi connectivity index (χ0v) is 29.4. The third-order valence-electron chi connectivity index (χ3n) is 11.0. The Morgan fingerprint density at radius 2 is 0.833 bits per heavy atom. The molecule has 2 heteroatoms. The van der Waals surface area contributed by atoms with Gasteiger partial charge in [-0.3, -0.25) is 0 Å². The van der Waals surface area contributed by atoms with Crippen molar-refractivity contribution in [2.75, 3.05) is 4.90 Å². The number of nitrogens with zero attached hydrogens (tertiary/aromatic N) is 1. The summed E-state index contributed by atoms with van der Waals surface area (Å²) in [4.78, 5) is 2.44. The summed E-state index contributed by atoms with van der Waals surface area (Å²) in [6.07, 6.45) is 0. The molecule has 0 aliphatic heterocycles. The minimum Gasteiger partial charge on any atom is -0.455 e. The number of furan rings is 1. The van der Waals surface area contributed by atoms with Gasteiger partial charge in [-0.05, 0) is 79.5 Å². The molecule has 54 heavy (non-hydrogen) atoms. The fourth-order valence-corrected chi connectivity index (χ4v) is 8.65. The Morgan fingerprint density at radius 3 is 1.54 bits per heavy atom. The van der Waals surface area contributed by atoms with Gasteiger partial charge in [-0.2, -0.15) is 0 Å². The van der Waals surface area contributed by atoms with Gasteiger partial charge in [0.05, 0.1) is 11.4 Å². The lowest BCUT2D eigenvalue weighted by Gasteiger charge is -2.28. The second-order valence-corrected chi connectivity index (χ2v) is 14.0. The van der Waals surface area contributed by atoms with Crippen molar-refractivity contribution in [3.63, 3.8) is 0 Å². The van der Waals surface area contributed by atoms with Crippen LogP contribution in [0.1, 0.15) is 0 Å². The second kappa shape index (κ2) is 12.2. The summed E-state index contributed by atoms with van der Waals surface area (Å²) in [5, 5.41) is 11.9. The van der Waals surface area contributed by atoms with E-state index >= 15 is 0 Å². The van der Waals surface area contributed by atoms with Gasteiger partial charge in [0.15, 0.2) is 0 Å². The standard InChI is InChI=1S/C52H33NO/c1-2-16-35(17-3-1)50-43-24-9-6-20-39(43)40-21-7-10-25-44(40)51(50)36-29-31-37(32-30-36)53(47-27-14-18-34-15-4-5-19-38(34)47)48-33-46-42-23-12-13-28-49(42)54-52(46)45-26-11-8-22-41(45)48/h1-33H. The van der Waals surface area contributed by atoms with Crippen molar-refractivity contribution >= 4 is 82.1 Å². The Bertz CT molecular complexity index is 3210. The molecule has 10 aromatic carbocycles. The molecule has 0 aliphatic carbocycles. The summed E-state index contributed by atoms with van der Waals surface area (Å²) in [6, 6.07) is 72.3. The number of hydrogen-bond acceptors (Lipinski definition) is 2. The lowest BCUT2D eigenvalue weighted by Crippen LogP contribution is -2.11. The molecule has 1 aromatic heterocycles. The van der Waals surface area contributed by atoms with E-state index in [-0.39, 0.29) is 0 Å². The third kappa shape index (κ3) is 4.67. The highest BCUT2D eigenvalue weighted by Crippen LogP contribution is 2.48. The van der Waals surface area contributed by atoms with Gasteiger partial charge in [-0.1, -0.05) is 170 Å². The van der Waals surface area contributed by atoms with Crippen LogP contribution in [0, 0.1) is 0 Å². The summed E-state index contributed by atoms with van der Waals surface area (Å²) in [6.45, 7) is 0. The minimum absolute atomic E-state index is 0.896. The van der Waals surface area contributed by atoms with Gasteiger partial charge >= 0.3 is 0 Å². The van der Waals surface area contributed by atoms with Crippen LogP contribution in [0.5, 0.6) is 0 Å². The molecular weight excluding hydrogens is 655 g/mol. The molecule has 0 aliphatic rings. The summed E-state index contributed by atoms with van der Waals surface area (Å²) in [5.41, 5.74) is 10.0. The van der Waals surface area contributed by atoms with E-state index in [4.69, 9.17) is 4.42 Å². The predicted molar refractivity (Wildman–Crippen MR) is 229 cm³/mol. The molecule has 0 saturated carbocycles. The van der Waals surface area contributed by atoms with Crippen molar-refractivity contribution in [3.05, 3.63) is 200 Å². The van der Waals surface area contributed by atoms with E-state index < -0.39 is 0 Å². The van der Waals surface area contributed by atoms with Crippen molar-refractivity contribution in [3.8, 4) is 22.3 Å². The normalized spacial score (nSPS) is 11.7. The van der Waals surface area contributed by atoms with Crippen LogP contribution < -0.4 is 4.90 Å². The van der Waals surface area contributed by atoms with Gasteiger partial charge in [-0.25, -0.2) is 0 Å². The Labute approximate surface area is 312 Å². The molecular formula is C52H33NO. The van der Waals surface area contributed by atoms with Crippen molar-refractivity contribution < 1.29 is 4.42 Å². The van der Waals surface area contributed by atoms with E-state index in [0.29, 0.717) is 0 Å². The molecule has 0 amide bonds. The topological polar surface area (TPSA) is 16.4 Å². The fourth-order valence-electron chi connectivity index (χ4n) is 8.65. The number of para-hydroxylation sites is 1. The van der Waals surface area contributed by atoms with Gasteiger partial charge in [0.1, 0.15) is 11.2 Å². The van der Waals surface area contributed by atoms with E-state index in [9.17, 15) is 0 Å². The van der Waals surface area contributed by atoms with Gasteiger partial charge in [0.2, 0.25) is 0 Å². The Balaban J connectivity index is 1.19. The van der Waals surface area contributed by atoms with Crippen molar-refractivity contribution in [1.29, 1.82) is 0 Å². The predicted octanol–water partition coefficient (Wildman–Crippen LogP) is 15.0. The first-order valence-corrected chi connectivity index (χ1v) is 18.5. The average molecular weight is 688 g/mol. The number of benzene rings is 10. The SMILES string of the molecule is c1ccc(-c2c(-c3ccc(N(c4cccc5ccccc45)c4cc5c6ccccc6oc5c5ccccc45)cc3)c3ccccc3c3ccccc23)cc1. The van der Waals surface area contributed by atoms with Crippen LogP contribution in [0.15, 0.2) is 205 Å². The first kappa shape index (κ1) is 30.5. The Morgan fingerprint density at radius 1 is 0.315 bits per heavy atom. The smallest absolute Gasteiger partial charge is 0.143 e. The van der Waals surface area contributed by atoms with Crippen LogP contribution >= 0.6 is 0 Å². The summed E-state index contributed by atoms with van der Waals surface area (Å²) in [5.74, 6) is 0. The second-order valence-electron chi connectivity index (χ2n) is 14.0. The van der Waals surface area contributed by atoms with Crippen LogP contribution in [0.25, 0.3) is 87.3 Å². The zero-order chi connectivity index (χ0) is 35.6. The van der Waals surface area contributed by atoms with Crippen molar-refractivity contribution in [2.45, 2.75) is 0 Å². The highest BCUT2D eigenvalue weighted by Gasteiger charge is 2.23. The lowest BCUT2D eigenvalue weighted by atomic mass is 9.85. The van der Waals surface area contributed by atoms with Gasteiger partial charge in [0.25, 0.3) is 0 Å². The fraction of sp³-hybridized carbons (Fsp3) is 0. The molecule has 11 rings (SSSR count). The van der Waals surface area contributed by atoms with E-state index in [1.54, 1.807) is 0 Å². The molecule has 0 bridgehead atoms. The lowest BCUT2D eigenvalue weighted by molar-refractivity contribution is 0.672. The zero-order valence-electron chi connectivity index (χ0n) is 29.4. The van der Waals surface area contributed by atoms with Gasteiger partial charge in [-0.15, -0.1) is 0 Å². The molecule has 0 radical (unpaired) electrons. The first-order chi connectivity index (χ1) is 26.8. The summed E-state index contributed by atoms with van der Waals surface area (Å²) in [7, 11) is 0. The molecule has 0 spiro atoms. The highest BCUT2D eigenvalue weighted by molar-refractivity contribution is 6.22. The van der Waals surface area contributed by atoms with E-state index in [2.05, 4.69) is 199 Å². The molecule has 2 nitrogen and oxygen atoms in total. The maximum atomic E-state index is 6.54. The molecule has 0 saturated heterocycles. The average Bonchev–Trinajstić information content (AvgIpc) is 3.63. The molecule has 1 heterocycles. The monoisotopic (exact) mass is 687 g/mol. The van der Waals surface area contributed by atoms with Crippen LogP contribution in [0.4, 0.5) is 17.1 Å². The molecule has 0 fully saturated rings. The Hall–Kier alpha value is -7.16. The molecule has 252 valence electrons. The van der Waals surface area contributed by atoms with E-state index in [1.807, 2.05) is 6.07 Å². The summed E-state index contributed by atoms with van der Waals surface area (Å²) >= 11 is 0. The number of fused-ring (bicyclic) bond motifs is 9. The van der Waals surface area contributed by atoms with Crippen LogP contribution in [-0.4, -0.2) is 0 Å². The maximum absolute atomic E-state index is 6.54. The number of rotatable bonds is 5. The molecule has 0 N–H and O–H groups in total. The maximum Gasteiger partial charge on any atom is 0.143 e. The minimum atomic E-state index is 0.896. The van der Waals surface area contributed by atoms with Crippen LogP contribution in [0.2, 0.25) is 0 Å². The first-order valence-electron chi connectivity index (χ1n) is 18.5. The van der Waals surface area contributed by atoms with Gasteiger partial charge in [0, 0.05) is 32.6 Å². The van der Waals surface area contributed by atoms with E-state index in [0.717, 1.165) is 49.8 Å². The summed E-state index contributed by atoms with van der Waals surface area (Å²) < 4.78 is 6.54. The van der Waals surface area contributed by atoms with E-state index in [1.165, 1.54) is 54.6 Å². The Kier molecular flexibility index (Phi) is 6.90. The molecule has 11 aromatic rings. The van der Waals surface area contributed by atoms with Crippen LogP contribution in [0.3, 0.4) is 0 Å². The third-order valence-corrected chi connectivity index (χ3v) is 11.0. The van der Waals surface area contributed by atoms with Crippen LogP contribution in [-0.2, 0) is 0 Å². The quantitative estimate of drug-likeness (QED) is 0.168. The van der Waals surface area contributed by atoms with Crippen molar-refractivity contribution in [2.24, 2.45) is 0 Å². The number of hydrogen-bond donors (Lipinski definition) is 0. The molecule has 0 unspecified atom stereocenters. The van der Waals surface area contributed by atoms with Crippen molar-refractivity contribution in [1.82, 2.24) is 0 Å². The highest BCUT2D eigenvalue weighted by atomic mass is 16.3. The largest absolute Gasteiger partial charge is 0.455 e. The number of anilines is 3.